The number of aryl methyl sites for hydroxylation is 1. The lowest BCUT2D eigenvalue weighted by Gasteiger charge is -2.18. The second-order valence-electron chi connectivity index (χ2n) is 4.01. The smallest absolute Gasteiger partial charge is 0.354 e. The molecule has 0 radical (unpaired) electrons. The van der Waals surface area contributed by atoms with Gasteiger partial charge in [0.25, 0.3) is 0 Å². The Hall–Kier alpha value is -1.55. The van der Waals surface area contributed by atoms with Crippen LogP contribution in [0.2, 0.25) is 0 Å². The summed E-state index contributed by atoms with van der Waals surface area (Å²) in [7, 11) is 0. The van der Waals surface area contributed by atoms with Crippen molar-refractivity contribution in [1.29, 1.82) is 0 Å². The third-order valence-corrected chi connectivity index (χ3v) is 2.81. The zero-order valence-electron chi connectivity index (χ0n) is 9.59. The molecular weight excluding hydrogens is 244 g/mol. The molecule has 2 rings (SSSR count). The number of aliphatic hydroxyl groups excluding tert-OH is 3. The van der Waals surface area contributed by atoms with Gasteiger partial charge in [0.2, 0.25) is 5.95 Å². The monoisotopic (exact) mass is 258 g/mol. The lowest BCUT2D eigenvalue weighted by molar-refractivity contribution is -0.0564. The summed E-state index contributed by atoms with van der Waals surface area (Å²) in [4.78, 5) is 18.9. The highest BCUT2D eigenvalue weighted by atomic mass is 16.6. The van der Waals surface area contributed by atoms with Crippen LogP contribution in [0.3, 0.4) is 0 Å². The van der Waals surface area contributed by atoms with E-state index in [9.17, 15) is 15.0 Å². The molecule has 18 heavy (non-hydrogen) atoms. The van der Waals surface area contributed by atoms with Gasteiger partial charge >= 0.3 is 5.69 Å². The molecule has 0 spiro atoms. The fraction of sp³-hybridized carbons (Fsp3) is 0.667. The van der Waals surface area contributed by atoms with Gasteiger partial charge in [0, 0.05) is 0 Å². The zero-order chi connectivity index (χ0) is 13.4. The first-order chi connectivity index (χ1) is 8.45. The van der Waals surface area contributed by atoms with Crippen LogP contribution < -0.4 is 11.4 Å². The van der Waals surface area contributed by atoms with Crippen LogP contribution in [-0.4, -0.2) is 54.8 Å². The van der Waals surface area contributed by atoms with Crippen molar-refractivity contribution in [1.82, 2.24) is 14.5 Å². The SMILES string of the molecule is Cc1nc(N)nc(=O)n1C1OC(CO)C(O)C1O. The molecular formula is C9H14N4O5. The second-order valence-corrected chi connectivity index (χ2v) is 4.01. The van der Waals surface area contributed by atoms with Crippen molar-refractivity contribution < 1.29 is 20.1 Å². The Balaban J connectivity index is 2.42. The van der Waals surface area contributed by atoms with E-state index >= 15 is 0 Å². The van der Waals surface area contributed by atoms with Crippen molar-refractivity contribution in [2.24, 2.45) is 0 Å². The summed E-state index contributed by atoms with van der Waals surface area (Å²) < 4.78 is 6.20. The number of rotatable bonds is 2. The van der Waals surface area contributed by atoms with Crippen molar-refractivity contribution in [3.63, 3.8) is 0 Å². The maximum Gasteiger partial charge on any atom is 0.354 e. The minimum absolute atomic E-state index is 0.180. The van der Waals surface area contributed by atoms with Gasteiger partial charge in [-0.15, -0.1) is 0 Å². The van der Waals surface area contributed by atoms with Gasteiger partial charge in [0.05, 0.1) is 6.61 Å². The number of hydrogen-bond donors (Lipinski definition) is 4. The van der Waals surface area contributed by atoms with Crippen molar-refractivity contribution in [3.05, 3.63) is 16.3 Å². The highest BCUT2D eigenvalue weighted by Gasteiger charge is 2.44. The van der Waals surface area contributed by atoms with E-state index in [1.54, 1.807) is 0 Å². The molecule has 9 heteroatoms. The second kappa shape index (κ2) is 4.61. The number of hydrogen-bond acceptors (Lipinski definition) is 8. The predicted octanol–water partition coefficient (Wildman–Crippen LogP) is -2.86. The van der Waals surface area contributed by atoms with Crippen LogP contribution >= 0.6 is 0 Å². The van der Waals surface area contributed by atoms with Crippen molar-refractivity contribution in [2.75, 3.05) is 12.3 Å². The van der Waals surface area contributed by atoms with Gasteiger partial charge in [0.1, 0.15) is 24.1 Å². The molecule has 1 aromatic heterocycles. The van der Waals surface area contributed by atoms with Crippen LogP contribution in [0.25, 0.3) is 0 Å². The molecule has 1 aliphatic heterocycles. The summed E-state index contributed by atoms with van der Waals surface area (Å²) in [5, 5.41) is 28.4. The Morgan fingerprint density at radius 1 is 1.39 bits per heavy atom. The summed E-state index contributed by atoms with van der Waals surface area (Å²) in [5.74, 6) is 0.0165. The first kappa shape index (κ1) is 12.9. The van der Waals surface area contributed by atoms with Gasteiger partial charge in [-0.3, -0.25) is 4.57 Å². The molecule has 100 valence electrons. The standard InChI is InChI=1S/C9H14N4O5/c1-3-11-8(10)12-9(17)13(3)7-6(16)5(15)4(2-14)18-7/h4-7,14-16H,2H2,1H3,(H2,10,12,17). The third-order valence-electron chi connectivity index (χ3n) is 2.81. The minimum Gasteiger partial charge on any atom is -0.394 e. The van der Waals surface area contributed by atoms with E-state index in [0.717, 1.165) is 4.57 Å². The highest BCUT2D eigenvalue weighted by Crippen LogP contribution is 2.28. The lowest BCUT2D eigenvalue weighted by Crippen LogP contribution is -2.37. The van der Waals surface area contributed by atoms with E-state index in [4.69, 9.17) is 15.6 Å². The lowest BCUT2D eigenvalue weighted by atomic mass is 10.1. The molecule has 4 atom stereocenters. The molecule has 0 bridgehead atoms. The normalized spacial score (nSPS) is 31.8. The maximum atomic E-state index is 11.7. The number of aliphatic hydroxyl groups is 3. The van der Waals surface area contributed by atoms with Gasteiger partial charge in [-0.25, -0.2) is 4.79 Å². The average Bonchev–Trinajstić information content (AvgIpc) is 2.56. The Bertz CT molecular complexity index is 504. The Morgan fingerprint density at radius 3 is 2.56 bits per heavy atom. The van der Waals surface area contributed by atoms with E-state index in [2.05, 4.69) is 9.97 Å². The highest BCUT2D eigenvalue weighted by molar-refractivity contribution is 5.13. The van der Waals surface area contributed by atoms with Crippen LogP contribution in [0.1, 0.15) is 12.1 Å². The van der Waals surface area contributed by atoms with Gasteiger partial charge in [0.15, 0.2) is 6.23 Å². The van der Waals surface area contributed by atoms with Gasteiger partial charge in [-0.2, -0.15) is 9.97 Å². The number of nitrogens with zero attached hydrogens (tertiary/aromatic N) is 3. The molecule has 1 aromatic rings. The van der Waals surface area contributed by atoms with E-state index in [1.165, 1.54) is 6.92 Å². The summed E-state index contributed by atoms with van der Waals surface area (Å²) in [6, 6.07) is 0. The van der Waals surface area contributed by atoms with Crippen LogP contribution in [0.4, 0.5) is 5.95 Å². The van der Waals surface area contributed by atoms with Gasteiger partial charge in [-0.1, -0.05) is 0 Å². The summed E-state index contributed by atoms with van der Waals surface area (Å²) in [5.41, 5.74) is 4.57. The van der Waals surface area contributed by atoms with E-state index < -0.39 is 36.8 Å². The van der Waals surface area contributed by atoms with Gasteiger partial charge < -0.3 is 25.8 Å². The van der Waals surface area contributed by atoms with Crippen molar-refractivity contribution in [2.45, 2.75) is 31.5 Å². The Kier molecular flexibility index (Phi) is 3.30. The molecule has 2 heterocycles. The zero-order valence-corrected chi connectivity index (χ0v) is 9.59. The fourth-order valence-electron chi connectivity index (χ4n) is 1.92. The molecule has 0 aliphatic carbocycles. The summed E-state index contributed by atoms with van der Waals surface area (Å²) >= 11 is 0. The summed E-state index contributed by atoms with van der Waals surface area (Å²) in [6.45, 7) is 1.02. The number of ether oxygens (including phenoxy) is 1. The third kappa shape index (κ3) is 1.97. The topological polar surface area (TPSA) is 144 Å². The predicted molar refractivity (Wildman–Crippen MR) is 58.5 cm³/mol. The molecule has 0 aromatic carbocycles. The quantitative estimate of drug-likeness (QED) is 0.443. The van der Waals surface area contributed by atoms with E-state index in [0.29, 0.717) is 0 Å². The molecule has 0 amide bonds. The van der Waals surface area contributed by atoms with Crippen LogP contribution in [-0.2, 0) is 4.74 Å². The molecule has 1 fully saturated rings. The van der Waals surface area contributed by atoms with Crippen LogP contribution in [0.15, 0.2) is 4.79 Å². The molecule has 9 nitrogen and oxygen atoms in total. The van der Waals surface area contributed by atoms with Gasteiger partial charge in [-0.05, 0) is 6.92 Å². The first-order valence-electron chi connectivity index (χ1n) is 5.30. The molecule has 0 saturated carbocycles. The van der Waals surface area contributed by atoms with E-state index in [1.807, 2.05) is 0 Å². The maximum absolute atomic E-state index is 11.7. The van der Waals surface area contributed by atoms with Crippen LogP contribution in [0, 0.1) is 6.92 Å². The first-order valence-corrected chi connectivity index (χ1v) is 5.30. The number of nitrogens with two attached hydrogens (primary N) is 1. The van der Waals surface area contributed by atoms with Crippen LogP contribution in [0.5, 0.6) is 0 Å². The molecule has 1 aliphatic rings. The van der Waals surface area contributed by atoms with Crippen molar-refractivity contribution >= 4 is 5.95 Å². The molecule has 4 unspecified atom stereocenters. The number of nitrogen functional groups attached to an aromatic ring is 1. The summed E-state index contributed by atoms with van der Waals surface area (Å²) in [6.07, 6.45) is -4.76. The van der Waals surface area contributed by atoms with Crippen molar-refractivity contribution in [3.8, 4) is 0 Å². The molecule has 1 saturated heterocycles. The number of aromatic nitrogens is 3. The molecule has 5 N–H and O–H groups in total. The Labute approximate surface area is 101 Å². The fourth-order valence-corrected chi connectivity index (χ4v) is 1.92. The largest absolute Gasteiger partial charge is 0.394 e. The minimum atomic E-state index is -1.36. The number of anilines is 1. The average molecular weight is 258 g/mol. The van der Waals surface area contributed by atoms with E-state index in [-0.39, 0.29) is 11.8 Å². The Morgan fingerprint density at radius 2 is 2.06 bits per heavy atom.